The van der Waals surface area contributed by atoms with Gasteiger partial charge in [0.05, 0.1) is 28.9 Å². The molecular formula is C24H20F6N4O3. The number of hydrogen-bond donors (Lipinski definition) is 2. The second kappa shape index (κ2) is 10.4. The summed E-state index contributed by atoms with van der Waals surface area (Å²) in [7, 11) is 1.41. The van der Waals surface area contributed by atoms with Crippen molar-refractivity contribution in [1.82, 2.24) is 15.2 Å². The maximum absolute atomic E-state index is 13.2. The summed E-state index contributed by atoms with van der Waals surface area (Å²) in [6, 6.07) is 7.96. The van der Waals surface area contributed by atoms with E-state index in [1.807, 2.05) is 0 Å². The molecule has 2 aromatic carbocycles. The zero-order valence-electron chi connectivity index (χ0n) is 19.4. The summed E-state index contributed by atoms with van der Waals surface area (Å²) in [6.45, 7) is 1.53. The molecule has 0 unspecified atom stereocenters. The standard InChI is InChI=1S/C24H20F6N4O3/c1-3-37-20(35)12-34(2)22(31)33-21(36)14-5-7-18-13(8-14)4-6-19(32-18)15-9-16(23(25,26)27)11-17(10-15)24(28,29)30/h4-11H,3,12H2,1-2H3,(H2,31,33,36). The monoisotopic (exact) mass is 526 g/mol. The second-order valence-corrected chi connectivity index (χ2v) is 7.86. The van der Waals surface area contributed by atoms with Crippen LogP contribution >= 0.6 is 0 Å². The van der Waals surface area contributed by atoms with Crippen LogP contribution in [0, 0.1) is 5.41 Å². The first-order chi connectivity index (χ1) is 17.2. The van der Waals surface area contributed by atoms with Gasteiger partial charge in [0.1, 0.15) is 6.54 Å². The van der Waals surface area contributed by atoms with Crippen LogP contribution in [0.1, 0.15) is 28.4 Å². The van der Waals surface area contributed by atoms with Crippen molar-refractivity contribution in [2.75, 3.05) is 20.2 Å². The van der Waals surface area contributed by atoms with Crippen LogP contribution in [0.5, 0.6) is 0 Å². The molecule has 13 heteroatoms. The molecule has 3 aromatic rings. The fourth-order valence-corrected chi connectivity index (χ4v) is 3.28. The van der Waals surface area contributed by atoms with Gasteiger partial charge in [0.25, 0.3) is 5.91 Å². The first-order valence-electron chi connectivity index (χ1n) is 10.7. The predicted octanol–water partition coefficient (Wildman–Crippen LogP) is 5.10. The SMILES string of the molecule is CCOC(=O)CN(C)C(=N)NC(=O)c1ccc2nc(-c3cc(C(F)(F)F)cc(C(F)(F)F)c3)ccc2c1. The maximum atomic E-state index is 13.2. The van der Waals surface area contributed by atoms with E-state index in [4.69, 9.17) is 10.1 Å². The molecule has 1 aromatic heterocycles. The Balaban J connectivity index is 1.87. The number of guanidine groups is 1. The molecule has 0 atom stereocenters. The second-order valence-electron chi connectivity index (χ2n) is 7.86. The van der Waals surface area contributed by atoms with Crippen molar-refractivity contribution in [2.24, 2.45) is 0 Å². The molecule has 0 radical (unpaired) electrons. The van der Waals surface area contributed by atoms with Gasteiger partial charge in [-0.1, -0.05) is 6.07 Å². The van der Waals surface area contributed by atoms with Crippen LogP contribution in [0.3, 0.4) is 0 Å². The minimum Gasteiger partial charge on any atom is -0.465 e. The summed E-state index contributed by atoms with van der Waals surface area (Å²) in [6.07, 6.45) is -9.99. The molecule has 1 amide bonds. The number of esters is 1. The molecule has 0 fully saturated rings. The minimum atomic E-state index is -4.99. The number of benzene rings is 2. The van der Waals surface area contributed by atoms with Crippen molar-refractivity contribution in [3.05, 3.63) is 65.2 Å². The maximum Gasteiger partial charge on any atom is 0.416 e. The highest BCUT2D eigenvalue weighted by molar-refractivity contribution is 6.06. The number of likely N-dealkylation sites (N-methyl/N-ethyl adjacent to an activating group) is 1. The molecule has 0 aliphatic heterocycles. The predicted molar refractivity (Wildman–Crippen MR) is 122 cm³/mol. The van der Waals surface area contributed by atoms with Gasteiger partial charge in [-0.15, -0.1) is 0 Å². The Bertz CT molecular complexity index is 1320. The number of carbonyl (C=O) groups excluding carboxylic acids is 2. The number of fused-ring (bicyclic) bond motifs is 1. The normalized spacial score (nSPS) is 11.8. The average molecular weight is 526 g/mol. The lowest BCUT2D eigenvalue weighted by Crippen LogP contribution is -2.43. The molecule has 7 nitrogen and oxygen atoms in total. The van der Waals surface area contributed by atoms with Gasteiger partial charge in [0.15, 0.2) is 5.96 Å². The van der Waals surface area contributed by atoms with E-state index in [1.165, 1.54) is 37.4 Å². The third-order valence-electron chi connectivity index (χ3n) is 5.12. The van der Waals surface area contributed by atoms with Crippen LogP contribution in [0.4, 0.5) is 26.3 Å². The van der Waals surface area contributed by atoms with Crippen LogP contribution in [0.25, 0.3) is 22.2 Å². The van der Waals surface area contributed by atoms with Gasteiger partial charge in [-0.25, -0.2) is 4.98 Å². The van der Waals surface area contributed by atoms with Crippen molar-refractivity contribution in [3.8, 4) is 11.3 Å². The fourth-order valence-electron chi connectivity index (χ4n) is 3.28. The number of hydrogen-bond acceptors (Lipinski definition) is 5. The Hall–Kier alpha value is -4.16. The van der Waals surface area contributed by atoms with Gasteiger partial charge in [-0.3, -0.25) is 20.3 Å². The molecule has 196 valence electrons. The van der Waals surface area contributed by atoms with E-state index in [1.54, 1.807) is 6.92 Å². The number of nitrogens with zero attached hydrogens (tertiary/aromatic N) is 2. The number of aromatic nitrogens is 1. The van der Waals surface area contributed by atoms with E-state index in [-0.39, 0.29) is 47.5 Å². The van der Waals surface area contributed by atoms with Crippen LogP contribution in [-0.2, 0) is 21.9 Å². The number of halogens is 6. The van der Waals surface area contributed by atoms with E-state index < -0.39 is 35.4 Å². The molecule has 0 aliphatic carbocycles. The Labute approximate surface area is 206 Å². The lowest BCUT2D eigenvalue weighted by atomic mass is 10.0. The minimum absolute atomic E-state index is 0.0389. The molecular weight excluding hydrogens is 506 g/mol. The Kier molecular flexibility index (Phi) is 7.74. The largest absolute Gasteiger partial charge is 0.465 e. The fraction of sp³-hybridized carbons (Fsp3) is 0.250. The molecule has 0 bridgehead atoms. The number of ether oxygens (including phenoxy) is 1. The van der Waals surface area contributed by atoms with Crippen molar-refractivity contribution in [2.45, 2.75) is 19.3 Å². The van der Waals surface area contributed by atoms with Crippen LogP contribution in [0.2, 0.25) is 0 Å². The number of nitrogens with one attached hydrogen (secondary N) is 2. The summed E-state index contributed by atoms with van der Waals surface area (Å²) in [5.74, 6) is -1.63. The van der Waals surface area contributed by atoms with E-state index in [9.17, 15) is 35.9 Å². The Morgan fingerprint density at radius 1 is 0.973 bits per heavy atom. The van der Waals surface area contributed by atoms with E-state index in [0.717, 1.165) is 4.90 Å². The highest BCUT2D eigenvalue weighted by Crippen LogP contribution is 2.38. The first kappa shape index (κ1) is 27.4. The smallest absolute Gasteiger partial charge is 0.416 e. The number of rotatable bonds is 5. The summed E-state index contributed by atoms with van der Waals surface area (Å²) in [5.41, 5.74) is -3.08. The van der Waals surface area contributed by atoms with E-state index in [0.29, 0.717) is 17.5 Å². The number of carbonyl (C=O) groups is 2. The number of alkyl halides is 6. The van der Waals surface area contributed by atoms with Crippen molar-refractivity contribution >= 4 is 28.7 Å². The number of amides is 1. The number of pyridine rings is 1. The van der Waals surface area contributed by atoms with Gasteiger partial charge in [-0.2, -0.15) is 26.3 Å². The molecule has 1 heterocycles. The topological polar surface area (TPSA) is 95.4 Å². The molecule has 3 rings (SSSR count). The molecule has 0 spiro atoms. The summed E-state index contributed by atoms with van der Waals surface area (Å²) < 4.78 is 84.0. The highest BCUT2D eigenvalue weighted by Gasteiger charge is 2.37. The zero-order chi connectivity index (χ0) is 27.5. The van der Waals surface area contributed by atoms with Gasteiger partial charge in [-0.05, 0) is 49.4 Å². The first-order valence-corrected chi connectivity index (χ1v) is 10.7. The lowest BCUT2D eigenvalue weighted by molar-refractivity contribution is -0.144. The van der Waals surface area contributed by atoms with Gasteiger partial charge in [0.2, 0.25) is 0 Å². The Morgan fingerprint density at radius 2 is 1.59 bits per heavy atom. The quantitative estimate of drug-likeness (QED) is 0.209. The molecule has 0 saturated heterocycles. The van der Waals surface area contributed by atoms with E-state index >= 15 is 0 Å². The third-order valence-corrected chi connectivity index (χ3v) is 5.12. The third kappa shape index (κ3) is 6.74. The summed E-state index contributed by atoms with van der Waals surface area (Å²) in [4.78, 5) is 29.4. The average Bonchev–Trinajstić information content (AvgIpc) is 2.82. The van der Waals surface area contributed by atoms with Crippen LogP contribution in [0.15, 0.2) is 48.5 Å². The van der Waals surface area contributed by atoms with Crippen molar-refractivity contribution in [3.63, 3.8) is 0 Å². The van der Waals surface area contributed by atoms with Gasteiger partial charge < -0.3 is 9.64 Å². The van der Waals surface area contributed by atoms with Crippen LogP contribution in [-0.4, -0.2) is 47.9 Å². The van der Waals surface area contributed by atoms with Crippen LogP contribution < -0.4 is 5.32 Å². The molecule has 0 aliphatic rings. The highest BCUT2D eigenvalue weighted by atomic mass is 19.4. The van der Waals surface area contributed by atoms with Gasteiger partial charge in [0, 0.05) is 23.6 Å². The molecule has 0 saturated carbocycles. The summed E-state index contributed by atoms with van der Waals surface area (Å²) in [5, 5.41) is 10.6. The van der Waals surface area contributed by atoms with Crippen molar-refractivity contribution < 1.29 is 40.7 Å². The van der Waals surface area contributed by atoms with E-state index in [2.05, 4.69) is 10.3 Å². The zero-order valence-corrected chi connectivity index (χ0v) is 19.4. The lowest BCUT2D eigenvalue weighted by Gasteiger charge is -2.19. The molecule has 2 N–H and O–H groups in total. The summed E-state index contributed by atoms with van der Waals surface area (Å²) >= 11 is 0. The molecule has 37 heavy (non-hydrogen) atoms. The van der Waals surface area contributed by atoms with Crippen molar-refractivity contribution in [1.29, 1.82) is 5.41 Å². The van der Waals surface area contributed by atoms with Gasteiger partial charge >= 0.3 is 18.3 Å². The Morgan fingerprint density at radius 3 is 2.16 bits per heavy atom.